The summed E-state index contributed by atoms with van der Waals surface area (Å²) >= 11 is 0. The van der Waals surface area contributed by atoms with Crippen LogP contribution in [0.15, 0.2) is 4.99 Å². The van der Waals surface area contributed by atoms with Crippen molar-refractivity contribution in [2.24, 2.45) is 16.6 Å². The number of ether oxygens (including phenoxy) is 1. The van der Waals surface area contributed by atoms with Crippen LogP contribution in [-0.2, 0) is 4.74 Å². The van der Waals surface area contributed by atoms with Gasteiger partial charge in [-0.25, -0.2) is 4.79 Å². The van der Waals surface area contributed by atoms with E-state index in [4.69, 9.17) is 10.5 Å². The second kappa shape index (κ2) is 9.80. The van der Waals surface area contributed by atoms with Crippen molar-refractivity contribution in [2.75, 3.05) is 52.4 Å². The van der Waals surface area contributed by atoms with Gasteiger partial charge in [0, 0.05) is 39.3 Å². The van der Waals surface area contributed by atoms with E-state index in [-0.39, 0.29) is 30.1 Å². The van der Waals surface area contributed by atoms with Crippen molar-refractivity contribution in [3.63, 3.8) is 0 Å². The summed E-state index contributed by atoms with van der Waals surface area (Å²) in [5.74, 6) is 1.22. The first-order valence-electron chi connectivity index (χ1n) is 9.03. The van der Waals surface area contributed by atoms with Gasteiger partial charge in [0.25, 0.3) is 0 Å². The normalized spacial score (nSPS) is 22.7. The quantitative estimate of drug-likeness (QED) is 0.390. The number of amides is 1. The number of carbonyl (C=O) groups excluding carboxylic acids is 1. The Bertz CT molecular complexity index is 458. The van der Waals surface area contributed by atoms with E-state index in [1.807, 2.05) is 20.8 Å². The van der Waals surface area contributed by atoms with Gasteiger partial charge in [0.2, 0.25) is 0 Å². The Balaban J connectivity index is 0.00000312. The molecule has 0 aliphatic carbocycles. The number of halogens is 1. The lowest BCUT2D eigenvalue weighted by Crippen LogP contribution is -2.53. The molecule has 0 saturated carbocycles. The molecule has 0 spiro atoms. The first-order valence-corrected chi connectivity index (χ1v) is 9.03. The lowest BCUT2D eigenvalue weighted by molar-refractivity contribution is 0.0186. The number of guanidine groups is 1. The Morgan fingerprint density at radius 3 is 2.28 bits per heavy atom. The fraction of sp³-hybridized carbons (Fsp3) is 0.882. The zero-order valence-electron chi connectivity index (χ0n) is 16.0. The summed E-state index contributed by atoms with van der Waals surface area (Å²) in [5.41, 5.74) is 5.69. The predicted octanol–water partition coefficient (Wildman–Crippen LogP) is 1.81. The van der Waals surface area contributed by atoms with Crippen molar-refractivity contribution < 1.29 is 9.53 Å². The first-order chi connectivity index (χ1) is 11.3. The second-order valence-corrected chi connectivity index (χ2v) is 7.70. The number of likely N-dealkylation sites (tertiary alicyclic amines) is 1. The van der Waals surface area contributed by atoms with Crippen LogP contribution < -0.4 is 5.73 Å². The molecule has 0 bridgehead atoms. The van der Waals surface area contributed by atoms with E-state index in [0.29, 0.717) is 38.1 Å². The van der Waals surface area contributed by atoms with Gasteiger partial charge in [0.05, 0.1) is 0 Å². The molecule has 0 aromatic carbocycles. The van der Waals surface area contributed by atoms with Crippen molar-refractivity contribution in [2.45, 2.75) is 39.7 Å². The summed E-state index contributed by atoms with van der Waals surface area (Å²) < 4.78 is 5.41. The highest BCUT2D eigenvalue weighted by Gasteiger charge is 2.27. The van der Waals surface area contributed by atoms with Crippen LogP contribution in [0.2, 0.25) is 0 Å². The zero-order valence-corrected chi connectivity index (χ0v) is 18.4. The highest BCUT2D eigenvalue weighted by molar-refractivity contribution is 14.0. The Labute approximate surface area is 169 Å². The minimum absolute atomic E-state index is 0. The third-order valence-corrected chi connectivity index (χ3v) is 4.58. The molecule has 146 valence electrons. The molecular weight excluding hydrogens is 433 g/mol. The van der Waals surface area contributed by atoms with E-state index in [2.05, 4.69) is 21.7 Å². The Hall–Kier alpha value is -0.770. The van der Waals surface area contributed by atoms with E-state index in [1.165, 1.54) is 13.0 Å². The van der Waals surface area contributed by atoms with Crippen molar-refractivity contribution in [1.82, 2.24) is 14.7 Å². The third-order valence-electron chi connectivity index (χ3n) is 4.58. The molecular formula is C17H34IN5O2. The van der Waals surface area contributed by atoms with Crippen LogP contribution >= 0.6 is 24.0 Å². The van der Waals surface area contributed by atoms with E-state index in [1.54, 1.807) is 4.90 Å². The number of carbonyl (C=O) groups is 1. The summed E-state index contributed by atoms with van der Waals surface area (Å²) in [5, 5.41) is 0. The van der Waals surface area contributed by atoms with Gasteiger partial charge in [-0.15, -0.1) is 24.0 Å². The number of nitrogens with zero attached hydrogens (tertiary/aromatic N) is 4. The smallest absolute Gasteiger partial charge is 0.410 e. The number of piperazine rings is 1. The van der Waals surface area contributed by atoms with Gasteiger partial charge >= 0.3 is 6.09 Å². The molecule has 0 aromatic heterocycles. The second-order valence-electron chi connectivity index (χ2n) is 7.70. The van der Waals surface area contributed by atoms with Gasteiger partial charge in [0.1, 0.15) is 5.60 Å². The highest BCUT2D eigenvalue weighted by atomic mass is 127. The molecule has 1 unspecified atom stereocenters. The molecule has 1 atom stereocenters. The molecule has 2 saturated heterocycles. The molecule has 7 nitrogen and oxygen atoms in total. The number of hydrogen-bond acceptors (Lipinski definition) is 4. The minimum atomic E-state index is -0.456. The summed E-state index contributed by atoms with van der Waals surface area (Å²) in [6, 6.07) is 0. The van der Waals surface area contributed by atoms with Crippen LogP contribution in [0.5, 0.6) is 0 Å². The molecule has 2 heterocycles. The van der Waals surface area contributed by atoms with E-state index in [0.717, 1.165) is 19.6 Å². The number of nitrogens with two attached hydrogens (primary N) is 1. The van der Waals surface area contributed by atoms with Gasteiger partial charge in [0.15, 0.2) is 5.96 Å². The number of aliphatic imine (C=N–C) groups is 1. The summed E-state index contributed by atoms with van der Waals surface area (Å²) in [6.07, 6.45) is 0.958. The van der Waals surface area contributed by atoms with Crippen LogP contribution in [0.3, 0.4) is 0 Å². The van der Waals surface area contributed by atoms with Gasteiger partial charge < -0.3 is 25.2 Å². The van der Waals surface area contributed by atoms with Crippen LogP contribution in [0.25, 0.3) is 0 Å². The molecule has 25 heavy (non-hydrogen) atoms. The molecule has 0 radical (unpaired) electrons. The number of hydrogen-bond donors (Lipinski definition) is 1. The molecule has 2 N–H and O–H groups in total. The monoisotopic (exact) mass is 467 g/mol. The summed E-state index contributed by atoms with van der Waals surface area (Å²) in [6.45, 7) is 14.7. The van der Waals surface area contributed by atoms with Gasteiger partial charge in [-0.1, -0.05) is 6.92 Å². The van der Waals surface area contributed by atoms with Crippen LogP contribution in [0, 0.1) is 5.92 Å². The van der Waals surface area contributed by atoms with Crippen molar-refractivity contribution in [3.8, 4) is 0 Å². The van der Waals surface area contributed by atoms with Gasteiger partial charge in [-0.2, -0.15) is 0 Å². The zero-order chi connectivity index (χ0) is 17.7. The summed E-state index contributed by atoms with van der Waals surface area (Å²) in [4.78, 5) is 22.9. The topological polar surface area (TPSA) is 74.4 Å². The van der Waals surface area contributed by atoms with Crippen molar-refractivity contribution >= 4 is 36.0 Å². The van der Waals surface area contributed by atoms with Crippen molar-refractivity contribution in [3.05, 3.63) is 0 Å². The van der Waals surface area contributed by atoms with Gasteiger partial charge in [-0.05, 0) is 46.2 Å². The fourth-order valence-electron chi connectivity index (χ4n) is 3.12. The van der Waals surface area contributed by atoms with Crippen LogP contribution in [0.1, 0.15) is 34.1 Å². The average Bonchev–Trinajstić information content (AvgIpc) is 2.99. The molecule has 0 aromatic rings. The van der Waals surface area contributed by atoms with E-state index in [9.17, 15) is 4.79 Å². The minimum Gasteiger partial charge on any atom is -0.444 e. The molecule has 2 aliphatic heterocycles. The van der Waals surface area contributed by atoms with Crippen LogP contribution in [0.4, 0.5) is 4.79 Å². The molecule has 2 fully saturated rings. The van der Waals surface area contributed by atoms with Crippen LogP contribution in [-0.4, -0.2) is 84.7 Å². The van der Waals surface area contributed by atoms with Gasteiger partial charge in [-0.3, -0.25) is 4.99 Å². The van der Waals surface area contributed by atoms with E-state index >= 15 is 0 Å². The first kappa shape index (κ1) is 22.3. The fourth-order valence-corrected chi connectivity index (χ4v) is 3.12. The molecule has 2 aliphatic rings. The maximum atomic E-state index is 12.1. The molecule has 8 heteroatoms. The maximum Gasteiger partial charge on any atom is 0.410 e. The lowest BCUT2D eigenvalue weighted by Gasteiger charge is -2.36. The summed E-state index contributed by atoms with van der Waals surface area (Å²) in [7, 11) is 0. The largest absolute Gasteiger partial charge is 0.444 e. The Morgan fingerprint density at radius 2 is 1.76 bits per heavy atom. The standard InChI is InChI=1S/C17H33N5O2.HI/c1-5-20-7-6-14(13-20)12-19-15(18)21-8-10-22(11-9-21)16(23)24-17(2,3)4;/h14H,5-13H2,1-4H3,(H2,18,19);1H. The Kier molecular flexibility index (Phi) is 8.73. The molecule has 2 rings (SSSR count). The highest BCUT2D eigenvalue weighted by Crippen LogP contribution is 2.16. The SMILES string of the molecule is CCN1CCC(CN=C(N)N2CCN(C(=O)OC(C)(C)C)CC2)C1.I. The predicted molar refractivity (Wildman–Crippen MR) is 112 cm³/mol. The maximum absolute atomic E-state index is 12.1. The third kappa shape index (κ3) is 7.16. The Morgan fingerprint density at radius 1 is 1.16 bits per heavy atom. The molecule has 1 amide bonds. The lowest BCUT2D eigenvalue weighted by atomic mass is 10.1. The van der Waals surface area contributed by atoms with Crippen molar-refractivity contribution in [1.29, 1.82) is 0 Å². The number of rotatable bonds is 3. The van der Waals surface area contributed by atoms with E-state index < -0.39 is 5.60 Å². The average molecular weight is 467 g/mol.